The number of hydrogen-bond donors (Lipinski definition) is 1. The summed E-state index contributed by atoms with van der Waals surface area (Å²) < 4.78 is 0. The maximum Gasteiger partial charge on any atom is 0.0157 e. The number of aryl methyl sites for hydroxylation is 1. The van der Waals surface area contributed by atoms with Gasteiger partial charge in [-0.3, -0.25) is 0 Å². The molecule has 0 saturated carbocycles. The summed E-state index contributed by atoms with van der Waals surface area (Å²) in [5.74, 6) is 0.101. The normalized spacial score (nSPS) is 18.4. The third-order valence-corrected chi connectivity index (χ3v) is 8.50. The zero-order valence-corrected chi connectivity index (χ0v) is 28.2. The van der Waals surface area contributed by atoms with Crippen molar-refractivity contribution in [3.63, 3.8) is 0 Å². The van der Waals surface area contributed by atoms with E-state index in [1.807, 2.05) is 6.08 Å². The fourth-order valence-corrected chi connectivity index (χ4v) is 5.75. The Morgan fingerprint density at radius 3 is 2.42 bits per heavy atom. The van der Waals surface area contributed by atoms with Gasteiger partial charge < -0.3 is 5.41 Å². The van der Waals surface area contributed by atoms with E-state index in [0.29, 0.717) is 0 Å². The second kappa shape index (κ2) is 19.0. The summed E-state index contributed by atoms with van der Waals surface area (Å²) >= 11 is 0. The SMILES string of the molecule is C=C/C(=C\C=C(/C)C(=C/C=C/C/C=C(/C(C)=C/C=C\CC)C(C)C=N)/C=C\C)c1ccc2c(c1)C(C)(C)CCCCCC2. The minimum absolute atomic E-state index is 0.101. The molecule has 1 aliphatic carbocycles. The Morgan fingerprint density at radius 1 is 0.977 bits per heavy atom. The van der Waals surface area contributed by atoms with E-state index < -0.39 is 0 Å². The van der Waals surface area contributed by atoms with Crippen LogP contribution in [0.1, 0.15) is 110 Å². The number of benzene rings is 1. The van der Waals surface area contributed by atoms with Crippen LogP contribution in [0.25, 0.3) is 5.57 Å². The smallest absolute Gasteiger partial charge is 0.0157 e. The molecule has 0 radical (unpaired) electrons. The second-order valence-electron chi connectivity index (χ2n) is 12.4. The van der Waals surface area contributed by atoms with Crippen LogP contribution in [0.5, 0.6) is 0 Å². The van der Waals surface area contributed by atoms with Gasteiger partial charge in [0.2, 0.25) is 0 Å². The van der Waals surface area contributed by atoms with Crippen molar-refractivity contribution in [1.82, 2.24) is 0 Å². The largest absolute Gasteiger partial charge is 0.312 e. The summed E-state index contributed by atoms with van der Waals surface area (Å²) in [6.45, 7) is 19.6. The van der Waals surface area contributed by atoms with E-state index in [4.69, 9.17) is 5.41 Å². The molecule has 0 heterocycles. The lowest BCUT2D eigenvalue weighted by atomic mass is 9.77. The summed E-state index contributed by atoms with van der Waals surface area (Å²) in [6, 6.07) is 7.08. The van der Waals surface area contributed by atoms with Crippen molar-refractivity contribution in [2.24, 2.45) is 5.92 Å². The van der Waals surface area contributed by atoms with Gasteiger partial charge in [0.15, 0.2) is 0 Å². The number of fused-ring (bicyclic) bond motifs is 1. The van der Waals surface area contributed by atoms with Crippen molar-refractivity contribution < 1.29 is 0 Å². The zero-order valence-electron chi connectivity index (χ0n) is 28.2. The molecule has 1 atom stereocenters. The highest BCUT2D eigenvalue weighted by Crippen LogP contribution is 2.36. The lowest BCUT2D eigenvalue weighted by Gasteiger charge is -2.28. The molecule has 0 fully saturated rings. The van der Waals surface area contributed by atoms with Crippen molar-refractivity contribution in [3.8, 4) is 0 Å². The van der Waals surface area contributed by atoms with Crippen LogP contribution in [0.15, 0.2) is 120 Å². The molecular formula is C42H57N. The quantitative estimate of drug-likeness (QED) is 0.179. The van der Waals surface area contributed by atoms with Gasteiger partial charge in [-0.05, 0) is 103 Å². The Kier molecular flexibility index (Phi) is 15.8. The topological polar surface area (TPSA) is 23.9 Å². The number of hydrogen-bond acceptors (Lipinski definition) is 1. The van der Waals surface area contributed by atoms with Gasteiger partial charge in [0.1, 0.15) is 0 Å². The first-order chi connectivity index (χ1) is 20.7. The fraction of sp³-hybridized carbons (Fsp3) is 0.405. The van der Waals surface area contributed by atoms with Crippen molar-refractivity contribution in [2.75, 3.05) is 0 Å². The van der Waals surface area contributed by atoms with Crippen LogP contribution in [0.4, 0.5) is 0 Å². The molecule has 1 unspecified atom stereocenters. The molecule has 1 nitrogen and oxygen atoms in total. The minimum Gasteiger partial charge on any atom is -0.312 e. The van der Waals surface area contributed by atoms with E-state index in [9.17, 15) is 0 Å². The first kappa shape index (κ1) is 35.7. The molecule has 0 amide bonds. The van der Waals surface area contributed by atoms with Gasteiger partial charge in [-0.2, -0.15) is 0 Å². The molecule has 1 aliphatic rings. The molecule has 0 bridgehead atoms. The van der Waals surface area contributed by atoms with E-state index in [1.165, 1.54) is 83.7 Å². The van der Waals surface area contributed by atoms with E-state index in [0.717, 1.165) is 18.4 Å². The van der Waals surface area contributed by atoms with Crippen molar-refractivity contribution >= 4 is 11.8 Å². The molecule has 1 heteroatoms. The molecule has 1 aromatic rings. The first-order valence-corrected chi connectivity index (χ1v) is 16.4. The first-order valence-electron chi connectivity index (χ1n) is 16.4. The third kappa shape index (κ3) is 11.6. The number of rotatable bonds is 13. The standard InChI is InChI=1S/C42H57N/c1-9-12-16-22-34(5)40(35(6)32-43)25-19-15-18-23-37(21-10-2)33(4)26-27-36(11-3)39-29-28-38-24-17-13-14-20-30-42(7,8)41(38)31-39/h10-12,15-16,18,21-23,25-29,31-32,35,43H,3,9,13-14,17,19-20,24,30H2,1-2,4-8H3/b16-12-,18-15+,21-10-,33-26+,34-22+,36-27+,37-23+,40-25-,43-32?. The Balaban J connectivity index is 2.30. The monoisotopic (exact) mass is 575 g/mol. The van der Waals surface area contributed by atoms with Crippen molar-refractivity contribution in [3.05, 3.63) is 137 Å². The summed E-state index contributed by atoms with van der Waals surface area (Å²) in [5, 5.41) is 7.77. The summed E-state index contributed by atoms with van der Waals surface area (Å²) in [7, 11) is 0. The average molecular weight is 576 g/mol. The molecule has 1 aromatic carbocycles. The molecule has 2 rings (SSSR count). The molecular weight excluding hydrogens is 518 g/mol. The van der Waals surface area contributed by atoms with Crippen LogP contribution in [-0.2, 0) is 11.8 Å². The highest BCUT2D eigenvalue weighted by Gasteiger charge is 2.24. The Hall–Kier alpha value is -3.45. The highest BCUT2D eigenvalue weighted by molar-refractivity contribution is 5.76. The Bertz CT molecular complexity index is 1310. The maximum absolute atomic E-state index is 7.77. The zero-order chi connectivity index (χ0) is 31.7. The molecule has 1 N–H and O–H groups in total. The maximum atomic E-state index is 7.77. The predicted octanol–water partition coefficient (Wildman–Crippen LogP) is 12.6. The second-order valence-corrected chi connectivity index (χ2v) is 12.4. The lowest BCUT2D eigenvalue weighted by molar-refractivity contribution is 0.451. The number of allylic oxidation sites excluding steroid dienone is 17. The van der Waals surface area contributed by atoms with Gasteiger partial charge >= 0.3 is 0 Å². The van der Waals surface area contributed by atoms with E-state index in [2.05, 4.69) is 140 Å². The minimum atomic E-state index is 0.101. The van der Waals surface area contributed by atoms with Gasteiger partial charge in [-0.15, -0.1) is 0 Å². The van der Waals surface area contributed by atoms with Gasteiger partial charge in [0.05, 0.1) is 0 Å². The summed E-state index contributed by atoms with van der Waals surface area (Å²) in [4.78, 5) is 0. The number of nitrogens with one attached hydrogen (secondary N) is 1. The van der Waals surface area contributed by atoms with Crippen LogP contribution in [0, 0.1) is 11.3 Å². The molecule has 0 saturated heterocycles. The third-order valence-electron chi connectivity index (χ3n) is 8.50. The Morgan fingerprint density at radius 2 is 1.72 bits per heavy atom. The molecule has 230 valence electrons. The van der Waals surface area contributed by atoms with Crippen molar-refractivity contribution in [1.29, 1.82) is 5.41 Å². The summed E-state index contributed by atoms with van der Waals surface area (Å²) in [6.07, 6.45) is 36.9. The molecule has 0 aromatic heterocycles. The van der Waals surface area contributed by atoms with E-state index in [1.54, 1.807) is 0 Å². The average Bonchev–Trinajstić information content (AvgIpc) is 3.06. The Labute approximate surface area is 264 Å². The van der Waals surface area contributed by atoms with Gasteiger partial charge in [0, 0.05) is 12.1 Å². The molecule has 43 heavy (non-hydrogen) atoms. The van der Waals surface area contributed by atoms with Gasteiger partial charge in [0.25, 0.3) is 0 Å². The van der Waals surface area contributed by atoms with Gasteiger partial charge in [-0.1, -0.05) is 145 Å². The van der Waals surface area contributed by atoms with E-state index >= 15 is 0 Å². The van der Waals surface area contributed by atoms with Crippen LogP contribution in [0.2, 0.25) is 0 Å². The van der Waals surface area contributed by atoms with Crippen LogP contribution in [-0.4, -0.2) is 6.21 Å². The fourth-order valence-electron chi connectivity index (χ4n) is 5.75. The molecule has 0 spiro atoms. The van der Waals surface area contributed by atoms with Crippen LogP contribution in [0.3, 0.4) is 0 Å². The summed E-state index contributed by atoms with van der Waals surface area (Å²) in [5.41, 5.74) is 10.4. The molecule has 0 aliphatic heterocycles. The highest BCUT2D eigenvalue weighted by atomic mass is 14.3. The van der Waals surface area contributed by atoms with Crippen LogP contribution >= 0.6 is 0 Å². The lowest BCUT2D eigenvalue weighted by Crippen LogP contribution is -2.19. The van der Waals surface area contributed by atoms with Crippen LogP contribution < -0.4 is 0 Å². The van der Waals surface area contributed by atoms with Gasteiger partial charge in [-0.25, -0.2) is 0 Å². The van der Waals surface area contributed by atoms with E-state index in [-0.39, 0.29) is 11.3 Å². The van der Waals surface area contributed by atoms with Crippen molar-refractivity contribution in [2.45, 2.75) is 105 Å². The predicted molar refractivity (Wildman–Crippen MR) is 194 cm³/mol.